The molecule has 52 valence electrons. The van der Waals surface area contributed by atoms with Crippen molar-refractivity contribution in [1.82, 2.24) is 10.3 Å². The van der Waals surface area contributed by atoms with Crippen LogP contribution in [-0.4, -0.2) is 10.9 Å². The Morgan fingerprint density at radius 1 is 1.60 bits per heavy atom. The Hall–Kier alpha value is -1.25. The SMILES string of the molecule is Cc1cc2c([nH]1)CNC2=O. The van der Waals surface area contributed by atoms with Crippen molar-refractivity contribution in [2.75, 3.05) is 0 Å². The number of rotatable bonds is 0. The molecule has 10 heavy (non-hydrogen) atoms. The number of aromatic nitrogens is 1. The van der Waals surface area contributed by atoms with Gasteiger partial charge in [0.1, 0.15) is 0 Å². The normalized spacial score (nSPS) is 15.1. The summed E-state index contributed by atoms with van der Waals surface area (Å²) in [6.07, 6.45) is 0. The average molecular weight is 136 g/mol. The molecular weight excluding hydrogens is 128 g/mol. The third kappa shape index (κ3) is 0.572. The first-order valence-corrected chi connectivity index (χ1v) is 3.24. The van der Waals surface area contributed by atoms with Crippen LogP contribution in [0.3, 0.4) is 0 Å². The lowest BCUT2D eigenvalue weighted by atomic mass is 10.3. The summed E-state index contributed by atoms with van der Waals surface area (Å²) in [6, 6.07) is 1.87. The van der Waals surface area contributed by atoms with Gasteiger partial charge in [0.05, 0.1) is 12.1 Å². The zero-order chi connectivity index (χ0) is 7.14. The fourth-order valence-corrected chi connectivity index (χ4v) is 1.25. The minimum Gasteiger partial charge on any atom is -0.360 e. The Labute approximate surface area is 58.4 Å². The highest BCUT2D eigenvalue weighted by atomic mass is 16.1. The van der Waals surface area contributed by atoms with Crippen LogP contribution in [-0.2, 0) is 6.54 Å². The van der Waals surface area contributed by atoms with Gasteiger partial charge in [-0.15, -0.1) is 0 Å². The smallest absolute Gasteiger partial charge is 0.253 e. The van der Waals surface area contributed by atoms with Crippen molar-refractivity contribution >= 4 is 5.91 Å². The van der Waals surface area contributed by atoms with Crippen LogP contribution in [0.15, 0.2) is 6.07 Å². The second-order valence-corrected chi connectivity index (χ2v) is 2.53. The lowest BCUT2D eigenvalue weighted by Gasteiger charge is -1.88. The molecule has 0 fully saturated rings. The van der Waals surface area contributed by atoms with Gasteiger partial charge in [0.25, 0.3) is 5.91 Å². The number of amides is 1. The van der Waals surface area contributed by atoms with E-state index >= 15 is 0 Å². The molecule has 3 heteroatoms. The van der Waals surface area contributed by atoms with Crippen molar-refractivity contribution in [2.24, 2.45) is 0 Å². The molecule has 2 heterocycles. The van der Waals surface area contributed by atoms with Gasteiger partial charge >= 0.3 is 0 Å². The van der Waals surface area contributed by atoms with Gasteiger partial charge in [0, 0.05) is 11.4 Å². The summed E-state index contributed by atoms with van der Waals surface area (Å²) in [6.45, 7) is 2.60. The molecule has 1 aliphatic rings. The first-order valence-electron chi connectivity index (χ1n) is 3.24. The summed E-state index contributed by atoms with van der Waals surface area (Å²) < 4.78 is 0. The third-order valence-electron chi connectivity index (χ3n) is 1.70. The maximum atomic E-state index is 10.9. The van der Waals surface area contributed by atoms with E-state index in [9.17, 15) is 4.79 Å². The van der Waals surface area contributed by atoms with Crippen LogP contribution in [0, 0.1) is 6.92 Å². The van der Waals surface area contributed by atoms with E-state index in [-0.39, 0.29) is 5.91 Å². The number of H-pyrrole nitrogens is 1. The number of nitrogens with one attached hydrogen (secondary N) is 2. The number of aromatic amines is 1. The molecule has 1 amide bonds. The van der Waals surface area contributed by atoms with E-state index in [1.807, 2.05) is 13.0 Å². The van der Waals surface area contributed by atoms with E-state index in [0.717, 1.165) is 17.0 Å². The van der Waals surface area contributed by atoms with E-state index in [1.54, 1.807) is 0 Å². The monoisotopic (exact) mass is 136 g/mol. The molecule has 1 aromatic heterocycles. The Bertz CT molecular complexity index is 288. The Kier molecular flexibility index (Phi) is 0.897. The second-order valence-electron chi connectivity index (χ2n) is 2.53. The van der Waals surface area contributed by atoms with Crippen LogP contribution in [0.4, 0.5) is 0 Å². The molecule has 0 spiro atoms. The van der Waals surface area contributed by atoms with Crippen molar-refractivity contribution in [1.29, 1.82) is 0 Å². The number of aryl methyl sites for hydroxylation is 1. The van der Waals surface area contributed by atoms with Gasteiger partial charge in [-0.1, -0.05) is 0 Å². The summed E-state index contributed by atoms with van der Waals surface area (Å²) in [7, 11) is 0. The molecule has 0 aromatic carbocycles. The fourth-order valence-electron chi connectivity index (χ4n) is 1.25. The lowest BCUT2D eigenvalue weighted by Crippen LogP contribution is -2.12. The van der Waals surface area contributed by atoms with Crippen LogP contribution in [0.2, 0.25) is 0 Å². The number of carbonyl (C=O) groups excluding carboxylic acids is 1. The predicted octanol–water partition coefficient (Wildman–Crippen LogP) is 0.567. The summed E-state index contributed by atoms with van der Waals surface area (Å²) in [4.78, 5) is 14.1. The molecule has 0 unspecified atom stereocenters. The summed E-state index contributed by atoms with van der Waals surface area (Å²) in [5.41, 5.74) is 2.87. The predicted molar refractivity (Wildman–Crippen MR) is 36.7 cm³/mol. The number of carbonyl (C=O) groups is 1. The summed E-state index contributed by atoms with van der Waals surface area (Å²) >= 11 is 0. The molecule has 0 bridgehead atoms. The largest absolute Gasteiger partial charge is 0.360 e. The van der Waals surface area contributed by atoms with Crippen molar-refractivity contribution in [3.05, 3.63) is 23.0 Å². The van der Waals surface area contributed by atoms with Gasteiger partial charge in [0.15, 0.2) is 0 Å². The Balaban J connectivity index is 2.59. The van der Waals surface area contributed by atoms with Gasteiger partial charge in [-0.3, -0.25) is 4.79 Å². The molecule has 0 aliphatic carbocycles. The summed E-state index contributed by atoms with van der Waals surface area (Å²) in [5.74, 6) is 0.0411. The summed E-state index contributed by atoms with van der Waals surface area (Å²) in [5, 5.41) is 2.72. The molecule has 2 N–H and O–H groups in total. The Morgan fingerprint density at radius 3 is 3.10 bits per heavy atom. The van der Waals surface area contributed by atoms with E-state index in [1.165, 1.54) is 0 Å². The molecule has 2 rings (SSSR count). The van der Waals surface area contributed by atoms with E-state index in [4.69, 9.17) is 0 Å². The fraction of sp³-hybridized carbons (Fsp3) is 0.286. The van der Waals surface area contributed by atoms with Crippen LogP contribution in [0.5, 0.6) is 0 Å². The van der Waals surface area contributed by atoms with Crippen LogP contribution in [0.1, 0.15) is 21.7 Å². The number of fused-ring (bicyclic) bond motifs is 1. The van der Waals surface area contributed by atoms with Crippen LogP contribution >= 0.6 is 0 Å². The molecular formula is C7H8N2O. The molecule has 0 radical (unpaired) electrons. The van der Waals surface area contributed by atoms with Gasteiger partial charge in [-0.25, -0.2) is 0 Å². The van der Waals surface area contributed by atoms with Crippen LogP contribution in [0.25, 0.3) is 0 Å². The molecule has 0 atom stereocenters. The molecule has 3 nitrogen and oxygen atoms in total. The van der Waals surface area contributed by atoms with Gasteiger partial charge in [-0.2, -0.15) is 0 Å². The highest BCUT2D eigenvalue weighted by Gasteiger charge is 2.19. The first kappa shape index (κ1) is 5.53. The van der Waals surface area contributed by atoms with E-state index in [0.29, 0.717) is 6.54 Å². The minimum absolute atomic E-state index is 0.0411. The zero-order valence-electron chi connectivity index (χ0n) is 5.69. The molecule has 0 saturated carbocycles. The number of hydrogen-bond donors (Lipinski definition) is 2. The number of hydrogen-bond acceptors (Lipinski definition) is 1. The third-order valence-corrected chi connectivity index (χ3v) is 1.70. The van der Waals surface area contributed by atoms with Gasteiger partial charge in [0.2, 0.25) is 0 Å². The lowest BCUT2D eigenvalue weighted by molar-refractivity contribution is 0.0965. The zero-order valence-corrected chi connectivity index (χ0v) is 5.69. The van der Waals surface area contributed by atoms with Crippen molar-refractivity contribution < 1.29 is 4.79 Å². The van der Waals surface area contributed by atoms with Crippen molar-refractivity contribution in [2.45, 2.75) is 13.5 Å². The van der Waals surface area contributed by atoms with Gasteiger partial charge < -0.3 is 10.3 Å². The topological polar surface area (TPSA) is 44.9 Å². The standard InChI is InChI=1S/C7H8N2O/c1-4-2-5-6(9-4)3-8-7(5)10/h2,9H,3H2,1H3,(H,8,10). The van der Waals surface area contributed by atoms with E-state index in [2.05, 4.69) is 10.3 Å². The molecule has 1 aliphatic heterocycles. The minimum atomic E-state index is 0.0411. The highest BCUT2D eigenvalue weighted by molar-refractivity contribution is 5.98. The maximum absolute atomic E-state index is 10.9. The van der Waals surface area contributed by atoms with Crippen molar-refractivity contribution in [3.8, 4) is 0 Å². The van der Waals surface area contributed by atoms with Crippen molar-refractivity contribution in [3.63, 3.8) is 0 Å². The second kappa shape index (κ2) is 1.62. The van der Waals surface area contributed by atoms with Gasteiger partial charge in [-0.05, 0) is 13.0 Å². The molecule has 0 saturated heterocycles. The Morgan fingerprint density at radius 2 is 2.40 bits per heavy atom. The highest BCUT2D eigenvalue weighted by Crippen LogP contribution is 2.14. The van der Waals surface area contributed by atoms with E-state index < -0.39 is 0 Å². The first-order chi connectivity index (χ1) is 4.77. The maximum Gasteiger partial charge on any atom is 0.253 e. The molecule has 1 aromatic rings. The quantitative estimate of drug-likeness (QED) is 0.538. The van der Waals surface area contributed by atoms with Crippen LogP contribution < -0.4 is 5.32 Å². The average Bonchev–Trinajstić information content (AvgIpc) is 2.35.